The minimum atomic E-state index is -4.58. The van der Waals surface area contributed by atoms with Gasteiger partial charge in [-0.3, -0.25) is 0 Å². The molecule has 1 aliphatic heterocycles. The molecule has 1 fully saturated rings. The van der Waals surface area contributed by atoms with Crippen molar-refractivity contribution in [3.05, 3.63) is 35.4 Å². The normalized spacial score (nSPS) is 19.0. The molecule has 0 bridgehead atoms. The van der Waals surface area contributed by atoms with E-state index in [1.807, 2.05) is 11.9 Å². The van der Waals surface area contributed by atoms with Gasteiger partial charge in [0.15, 0.2) is 5.03 Å². The molecule has 0 spiro atoms. The smallest absolute Gasteiger partial charge is 0.416 e. The molecule has 28 heavy (non-hydrogen) atoms. The fourth-order valence-electron chi connectivity index (χ4n) is 3.32. The maximum absolute atomic E-state index is 12.9. The van der Waals surface area contributed by atoms with Crippen LogP contribution in [0.2, 0.25) is 0 Å². The van der Waals surface area contributed by atoms with Crippen molar-refractivity contribution in [1.29, 1.82) is 0 Å². The van der Waals surface area contributed by atoms with Gasteiger partial charge in [-0.2, -0.15) is 13.2 Å². The number of hydrogen-bond acceptors (Lipinski definition) is 6. The van der Waals surface area contributed by atoms with Crippen LogP contribution in [-0.4, -0.2) is 54.0 Å². The third kappa shape index (κ3) is 3.97. The second-order valence-corrected chi connectivity index (χ2v) is 9.19. The number of rotatable bonds is 3. The van der Waals surface area contributed by atoms with Crippen LogP contribution in [-0.2, 0) is 16.0 Å². The Balaban J connectivity index is 1.95. The molecule has 1 saturated heterocycles. The molecule has 1 aliphatic rings. The highest BCUT2D eigenvalue weighted by Gasteiger charge is 2.33. The Morgan fingerprint density at radius 2 is 1.93 bits per heavy atom. The minimum Gasteiger partial charge on any atom is -0.507 e. The molecular formula is C18H20F3N3O3S. The number of nitrogens with zero attached hydrogens (tertiary/aromatic N) is 3. The highest BCUT2D eigenvalue weighted by atomic mass is 32.2. The van der Waals surface area contributed by atoms with Crippen LogP contribution in [0.5, 0.6) is 5.75 Å². The molecule has 0 saturated carbocycles. The molecule has 2 aromatic rings. The zero-order valence-corrected chi connectivity index (χ0v) is 16.2. The Bertz CT molecular complexity index is 993. The number of aryl methyl sites for hydroxylation is 1. The molecule has 0 radical (unpaired) electrons. The summed E-state index contributed by atoms with van der Waals surface area (Å²) in [5, 5.41) is 17.0. The largest absolute Gasteiger partial charge is 0.507 e. The molecule has 10 heteroatoms. The second-order valence-electron chi connectivity index (χ2n) is 7.02. The van der Waals surface area contributed by atoms with Crippen molar-refractivity contribution in [2.45, 2.75) is 36.2 Å². The number of piperidine rings is 1. The molecule has 0 unspecified atom stereocenters. The first-order valence-electron chi connectivity index (χ1n) is 8.67. The van der Waals surface area contributed by atoms with Crippen LogP contribution < -0.4 is 0 Å². The standard InChI is InChI=1S/C18H20F3N3O3S/c1-11-8-16(28(26,27)13-4-3-7-24(2)10-13)22-23-17(11)14-6-5-12(9-15(14)25)18(19,20)21/h5-6,8-9,13,25H,3-4,7,10H2,1-2H3/t13-/m1/s1. The van der Waals surface area contributed by atoms with E-state index in [1.165, 1.54) is 6.07 Å². The molecular weight excluding hydrogens is 395 g/mol. The number of phenolic OH excluding ortho intramolecular Hbond substituents is 1. The summed E-state index contributed by atoms with van der Waals surface area (Å²) < 4.78 is 64.0. The third-order valence-electron chi connectivity index (χ3n) is 4.85. The van der Waals surface area contributed by atoms with Crippen molar-refractivity contribution < 1.29 is 26.7 Å². The lowest BCUT2D eigenvalue weighted by atomic mass is 10.0. The second kappa shape index (κ2) is 7.32. The van der Waals surface area contributed by atoms with Crippen LogP contribution in [0.3, 0.4) is 0 Å². The van der Waals surface area contributed by atoms with Gasteiger partial charge < -0.3 is 10.0 Å². The van der Waals surface area contributed by atoms with Gasteiger partial charge in [-0.15, -0.1) is 10.2 Å². The van der Waals surface area contributed by atoms with Gasteiger partial charge in [0, 0.05) is 12.1 Å². The zero-order valence-electron chi connectivity index (χ0n) is 15.4. The summed E-state index contributed by atoms with van der Waals surface area (Å²) in [6, 6.07) is 3.89. The van der Waals surface area contributed by atoms with Crippen LogP contribution in [0.4, 0.5) is 13.2 Å². The summed E-state index contributed by atoms with van der Waals surface area (Å²) in [5.41, 5.74) is -0.405. The van der Waals surface area contributed by atoms with Gasteiger partial charge in [0.1, 0.15) is 5.75 Å². The number of halogens is 3. The fourth-order valence-corrected chi connectivity index (χ4v) is 5.08. The number of aromatic hydroxyl groups is 1. The Morgan fingerprint density at radius 1 is 1.21 bits per heavy atom. The number of phenols is 1. The van der Waals surface area contributed by atoms with Crippen molar-refractivity contribution in [2.75, 3.05) is 20.1 Å². The van der Waals surface area contributed by atoms with Crippen molar-refractivity contribution in [3.63, 3.8) is 0 Å². The van der Waals surface area contributed by atoms with Gasteiger partial charge in [0.2, 0.25) is 9.84 Å². The van der Waals surface area contributed by atoms with Crippen LogP contribution in [0.25, 0.3) is 11.3 Å². The lowest BCUT2D eigenvalue weighted by Crippen LogP contribution is -2.40. The molecule has 2 heterocycles. The molecule has 1 N–H and O–H groups in total. The van der Waals surface area contributed by atoms with Crippen LogP contribution in [0, 0.1) is 6.92 Å². The van der Waals surface area contributed by atoms with Gasteiger partial charge in [-0.25, -0.2) is 8.42 Å². The molecule has 1 aromatic heterocycles. The van der Waals surface area contributed by atoms with Crippen LogP contribution in [0.1, 0.15) is 24.0 Å². The van der Waals surface area contributed by atoms with Crippen LogP contribution in [0.15, 0.2) is 29.3 Å². The van der Waals surface area contributed by atoms with E-state index in [9.17, 15) is 26.7 Å². The Labute approximate surface area is 160 Å². The quantitative estimate of drug-likeness (QED) is 0.830. The molecule has 3 rings (SSSR count). The number of alkyl halides is 3. The fraction of sp³-hybridized carbons (Fsp3) is 0.444. The number of sulfone groups is 1. The Kier molecular flexibility index (Phi) is 5.37. The van der Waals surface area contributed by atoms with Crippen molar-refractivity contribution in [2.24, 2.45) is 0 Å². The summed E-state index contributed by atoms with van der Waals surface area (Å²) in [4.78, 5) is 1.95. The monoisotopic (exact) mass is 415 g/mol. The first-order valence-corrected chi connectivity index (χ1v) is 10.2. The number of benzene rings is 1. The predicted molar refractivity (Wildman–Crippen MR) is 96.6 cm³/mol. The van der Waals surface area contributed by atoms with E-state index in [4.69, 9.17) is 0 Å². The predicted octanol–water partition coefficient (Wildman–Crippen LogP) is 3.04. The lowest BCUT2D eigenvalue weighted by molar-refractivity contribution is -0.137. The van der Waals surface area contributed by atoms with Crippen LogP contribution >= 0.6 is 0 Å². The zero-order chi connectivity index (χ0) is 20.7. The van der Waals surface area contributed by atoms with Gasteiger partial charge in [-0.1, -0.05) is 0 Å². The van der Waals surface area contributed by atoms with E-state index >= 15 is 0 Å². The molecule has 6 nitrogen and oxygen atoms in total. The first-order chi connectivity index (χ1) is 13.0. The maximum atomic E-state index is 12.9. The van der Waals surface area contributed by atoms with Crippen molar-refractivity contribution >= 4 is 9.84 Å². The van der Waals surface area contributed by atoms with E-state index in [0.29, 0.717) is 24.6 Å². The number of likely N-dealkylation sites (tertiary alicyclic amines) is 1. The first kappa shape index (κ1) is 20.5. The summed E-state index contributed by atoms with van der Waals surface area (Å²) in [7, 11) is -1.82. The summed E-state index contributed by atoms with van der Waals surface area (Å²) >= 11 is 0. The highest BCUT2D eigenvalue weighted by Crippen LogP contribution is 2.37. The molecule has 1 atom stereocenters. The minimum absolute atomic E-state index is 0.0550. The molecule has 152 valence electrons. The molecule has 0 aliphatic carbocycles. The van der Waals surface area contributed by atoms with Gasteiger partial charge >= 0.3 is 6.18 Å². The highest BCUT2D eigenvalue weighted by molar-refractivity contribution is 7.92. The SMILES string of the molecule is Cc1cc(S(=O)(=O)[C@@H]2CCCN(C)C2)nnc1-c1ccc(C(F)(F)F)cc1O. The third-order valence-corrected chi connectivity index (χ3v) is 6.90. The Hall–Kier alpha value is -2.20. The van der Waals surface area contributed by atoms with E-state index < -0.39 is 32.6 Å². The van der Waals surface area contributed by atoms with Crippen molar-refractivity contribution in [3.8, 4) is 17.0 Å². The van der Waals surface area contributed by atoms with E-state index in [0.717, 1.165) is 25.1 Å². The maximum Gasteiger partial charge on any atom is 0.416 e. The van der Waals surface area contributed by atoms with E-state index in [-0.39, 0.29) is 16.3 Å². The van der Waals surface area contributed by atoms with Gasteiger partial charge in [0.25, 0.3) is 0 Å². The van der Waals surface area contributed by atoms with Gasteiger partial charge in [-0.05, 0) is 63.2 Å². The summed E-state index contributed by atoms with van der Waals surface area (Å²) in [6.07, 6.45) is -3.28. The lowest BCUT2D eigenvalue weighted by Gasteiger charge is -2.29. The van der Waals surface area contributed by atoms with E-state index in [1.54, 1.807) is 6.92 Å². The topological polar surface area (TPSA) is 83.4 Å². The van der Waals surface area contributed by atoms with Gasteiger partial charge in [0.05, 0.1) is 16.5 Å². The Morgan fingerprint density at radius 3 is 2.50 bits per heavy atom. The average molecular weight is 415 g/mol. The van der Waals surface area contributed by atoms with Crippen molar-refractivity contribution in [1.82, 2.24) is 15.1 Å². The molecule has 0 amide bonds. The average Bonchev–Trinajstić information content (AvgIpc) is 2.61. The summed E-state index contributed by atoms with van der Waals surface area (Å²) in [6.45, 7) is 2.82. The number of aromatic nitrogens is 2. The summed E-state index contributed by atoms with van der Waals surface area (Å²) in [5.74, 6) is -0.600. The molecule has 1 aromatic carbocycles. The number of hydrogen-bond donors (Lipinski definition) is 1. The van der Waals surface area contributed by atoms with E-state index in [2.05, 4.69) is 10.2 Å².